The second-order valence-corrected chi connectivity index (χ2v) is 3.99. The molecule has 2 rings (SSSR count). The van der Waals surface area contributed by atoms with Crippen LogP contribution in [-0.2, 0) is 4.74 Å². The Bertz CT molecular complexity index is 634. The molecule has 0 atom stereocenters. The number of carbonyl (C=O) groups is 1. The van der Waals surface area contributed by atoms with Crippen LogP contribution < -0.4 is 0 Å². The smallest absolute Gasteiger partial charge is 0.339 e. The fourth-order valence-electron chi connectivity index (χ4n) is 1.62. The number of aromatic nitrogens is 2. The quantitative estimate of drug-likeness (QED) is 0.656. The van der Waals surface area contributed by atoms with Crippen LogP contribution in [0.3, 0.4) is 0 Å². The van der Waals surface area contributed by atoms with Crippen molar-refractivity contribution in [2.45, 2.75) is 13.8 Å². The Hall–Kier alpha value is -1.75. The molecule has 0 saturated carbocycles. The van der Waals surface area contributed by atoms with Crippen LogP contribution in [0.15, 0.2) is 18.3 Å². The molecule has 0 spiro atoms. The van der Waals surface area contributed by atoms with Gasteiger partial charge >= 0.3 is 5.97 Å². The first-order chi connectivity index (χ1) is 8.13. The van der Waals surface area contributed by atoms with Crippen molar-refractivity contribution in [3.63, 3.8) is 0 Å². The maximum Gasteiger partial charge on any atom is 0.339 e. The lowest BCUT2D eigenvalue weighted by atomic mass is 10.1. The van der Waals surface area contributed by atoms with Crippen LogP contribution in [0.2, 0.25) is 0 Å². The molecule has 0 aliphatic heterocycles. The zero-order valence-electron chi connectivity index (χ0n) is 9.61. The Morgan fingerprint density at radius 1 is 1.59 bits per heavy atom. The molecule has 88 valence electrons. The van der Waals surface area contributed by atoms with Gasteiger partial charge in [-0.15, -0.1) is 0 Å². The molecule has 2 aromatic rings. The summed E-state index contributed by atoms with van der Waals surface area (Å²) in [5, 5.41) is 0.760. The monoisotopic (exact) mass is 248 g/mol. The molecule has 0 bridgehead atoms. The molecule has 2 aromatic heterocycles. The van der Waals surface area contributed by atoms with Crippen molar-refractivity contribution in [3.05, 3.63) is 34.2 Å². The summed E-state index contributed by atoms with van der Waals surface area (Å²) in [6, 6.07) is 3.56. The highest BCUT2D eigenvalue weighted by atomic mass is 32.1. The van der Waals surface area contributed by atoms with Gasteiger partial charge in [-0.2, -0.15) is 0 Å². The van der Waals surface area contributed by atoms with Crippen molar-refractivity contribution in [1.82, 2.24) is 9.97 Å². The lowest BCUT2D eigenvalue weighted by Crippen LogP contribution is -2.08. The summed E-state index contributed by atoms with van der Waals surface area (Å²) >= 11 is 5.16. The van der Waals surface area contributed by atoms with Crippen LogP contribution in [0, 0.1) is 11.6 Å². The van der Waals surface area contributed by atoms with E-state index in [4.69, 9.17) is 17.0 Å². The Balaban J connectivity index is 2.66. The number of rotatable bonds is 2. The predicted molar refractivity (Wildman–Crippen MR) is 67.6 cm³/mol. The van der Waals surface area contributed by atoms with Gasteiger partial charge in [-0.05, 0) is 26.0 Å². The molecule has 0 aliphatic rings. The van der Waals surface area contributed by atoms with Gasteiger partial charge < -0.3 is 9.72 Å². The highest BCUT2D eigenvalue weighted by molar-refractivity contribution is 7.71. The molecule has 1 N–H and O–H groups in total. The number of carbonyl (C=O) groups excluding carboxylic acids is 1. The topological polar surface area (TPSA) is 55.0 Å². The van der Waals surface area contributed by atoms with Crippen molar-refractivity contribution in [1.29, 1.82) is 0 Å². The zero-order chi connectivity index (χ0) is 12.4. The van der Waals surface area contributed by atoms with Crippen LogP contribution in [0.5, 0.6) is 0 Å². The lowest BCUT2D eigenvalue weighted by Gasteiger charge is -2.06. The number of pyridine rings is 2. The van der Waals surface area contributed by atoms with Gasteiger partial charge in [0.2, 0.25) is 0 Å². The van der Waals surface area contributed by atoms with Gasteiger partial charge in [0.1, 0.15) is 4.64 Å². The van der Waals surface area contributed by atoms with Gasteiger partial charge in [-0.3, -0.25) is 4.98 Å². The van der Waals surface area contributed by atoms with Gasteiger partial charge in [0.25, 0.3) is 0 Å². The van der Waals surface area contributed by atoms with E-state index in [-0.39, 0.29) is 5.97 Å². The van der Waals surface area contributed by atoms with Gasteiger partial charge in [-0.1, -0.05) is 12.2 Å². The minimum Gasteiger partial charge on any atom is -0.462 e. The van der Waals surface area contributed by atoms with Crippen LogP contribution >= 0.6 is 12.2 Å². The molecule has 0 radical (unpaired) electrons. The van der Waals surface area contributed by atoms with Crippen molar-refractivity contribution < 1.29 is 9.53 Å². The number of hydrogen-bond donors (Lipinski definition) is 1. The molecule has 0 saturated heterocycles. The fourth-order valence-corrected chi connectivity index (χ4v) is 1.85. The number of ether oxygens (including phenoxy) is 1. The molecular weight excluding hydrogens is 236 g/mol. The summed E-state index contributed by atoms with van der Waals surface area (Å²) in [7, 11) is 0. The van der Waals surface area contributed by atoms with Gasteiger partial charge in [-0.25, -0.2) is 4.79 Å². The van der Waals surface area contributed by atoms with Crippen LogP contribution in [0.4, 0.5) is 0 Å². The average molecular weight is 248 g/mol. The summed E-state index contributed by atoms with van der Waals surface area (Å²) < 4.78 is 5.54. The normalized spacial score (nSPS) is 10.5. The van der Waals surface area contributed by atoms with E-state index in [9.17, 15) is 4.79 Å². The average Bonchev–Trinajstić information content (AvgIpc) is 2.29. The molecule has 2 heterocycles. The second kappa shape index (κ2) is 4.63. The van der Waals surface area contributed by atoms with E-state index in [1.165, 1.54) is 0 Å². The lowest BCUT2D eigenvalue weighted by molar-refractivity contribution is 0.0525. The molecule has 0 aliphatic carbocycles. The molecule has 0 amide bonds. The number of aromatic amines is 1. The summed E-state index contributed by atoms with van der Waals surface area (Å²) in [5.41, 5.74) is 1.89. The Morgan fingerprint density at radius 2 is 2.35 bits per heavy atom. The molecule has 0 aromatic carbocycles. The van der Waals surface area contributed by atoms with E-state index < -0.39 is 0 Å². The van der Waals surface area contributed by atoms with Gasteiger partial charge in [0.05, 0.1) is 23.4 Å². The third-order valence-electron chi connectivity index (χ3n) is 2.44. The first-order valence-corrected chi connectivity index (χ1v) is 5.70. The second-order valence-electron chi connectivity index (χ2n) is 3.58. The molecule has 0 unspecified atom stereocenters. The number of nitrogens with one attached hydrogen (secondary N) is 1. The van der Waals surface area contributed by atoms with Crippen LogP contribution in [-0.4, -0.2) is 22.5 Å². The number of hydrogen-bond acceptors (Lipinski definition) is 4. The number of aryl methyl sites for hydroxylation is 1. The Labute approximate surface area is 104 Å². The van der Waals surface area contributed by atoms with E-state index in [2.05, 4.69) is 9.97 Å². The maximum absolute atomic E-state index is 11.7. The SMILES string of the molecule is CCOC(=O)c1cc2c(=S)[nH]ccc2nc1C. The van der Waals surface area contributed by atoms with E-state index in [1.807, 2.05) is 6.07 Å². The number of esters is 1. The number of fused-ring (bicyclic) bond motifs is 1. The van der Waals surface area contributed by atoms with Crippen molar-refractivity contribution in [3.8, 4) is 0 Å². The summed E-state index contributed by atoms with van der Waals surface area (Å²) in [6.45, 7) is 3.90. The van der Waals surface area contributed by atoms with Crippen molar-refractivity contribution in [2.24, 2.45) is 0 Å². The largest absolute Gasteiger partial charge is 0.462 e. The molecular formula is C12H12N2O2S. The molecule has 5 heteroatoms. The Morgan fingerprint density at radius 3 is 3.06 bits per heavy atom. The van der Waals surface area contributed by atoms with E-state index in [1.54, 1.807) is 26.1 Å². The summed E-state index contributed by atoms with van der Waals surface area (Å²) in [6.07, 6.45) is 1.74. The van der Waals surface area contributed by atoms with Crippen LogP contribution in [0.1, 0.15) is 23.0 Å². The van der Waals surface area contributed by atoms with E-state index in [0.717, 1.165) is 10.9 Å². The summed E-state index contributed by atoms with van der Waals surface area (Å²) in [4.78, 5) is 19.0. The number of nitrogens with zero attached hydrogens (tertiary/aromatic N) is 1. The predicted octanol–water partition coefficient (Wildman–Crippen LogP) is 2.78. The standard InChI is InChI=1S/C12H12N2O2S/c1-3-16-12(15)8-6-9-10(14-7(8)2)4-5-13-11(9)17/h4-6H,3H2,1-2H3,(H,13,17). The van der Waals surface area contributed by atoms with Gasteiger partial charge in [0, 0.05) is 11.6 Å². The zero-order valence-corrected chi connectivity index (χ0v) is 10.4. The minimum absolute atomic E-state index is 0.345. The first-order valence-electron chi connectivity index (χ1n) is 5.29. The highest BCUT2D eigenvalue weighted by Crippen LogP contribution is 2.17. The summed E-state index contributed by atoms with van der Waals surface area (Å²) in [5.74, 6) is -0.363. The van der Waals surface area contributed by atoms with Crippen molar-refractivity contribution >= 4 is 29.1 Å². The van der Waals surface area contributed by atoms with E-state index in [0.29, 0.717) is 22.5 Å². The minimum atomic E-state index is -0.363. The third kappa shape index (κ3) is 2.19. The molecule has 17 heavy (non-hydrogen) atoms. The first kappa shape index (κ1) is 11.7. The number of H-pyrrole nitrogens is 1. The molecule has 0 fully saturated rings. The van der Waals surface area contributed by atoms with Crippen molar-refractivity contribution in [2.75, 3.05) is 6.61 Å². The maximum atomic E-state index is 11.7. The Kier molecular flexibility index (Phi) is 3.19. The fraction of sp³-hybridized carbons (Fsp3) is 0.250. The highest BCUT2D eigenvalue weighted by Gasteiger charge is 2.12. The molecule has 4 nitrogen and oxygen atoms in total. The third-order valence-corrected chi connectivity index (χ3v) is 2.78. The van der Waals surface area contributed by atoms with Crippen LogP contribution in [0.25, 0.3) is 10.9 Å². The van der Waals surface area contributed by atoms with Gasteiger partial charge in [0.15, 0.2) is 0 Å². The van der Waals surface area contributed by atoms with E-state index >= 15 is 0 Å².